The first-order valence-corrected chi connectivity index (χ1v) is 9.26. The third-order valence-corrected chi connectivity index (χ3v) is 5.01. The Bertz CT molecular complexity index is 900. The Labute approximate surface area is 164 Å². The van der Waals surface area contributed by atoms with Gasteiger partial charge in [-0.25, -0.2) is 0 Å². The summed E-state index contributed by atoms with van der Waals surface area (Å²) >= 11 is 0. The minimum atomic E-state index is -0.0558. The van der Waals surface area contributed by atoms with Gasteiger partial charge in [-0.2, -0.15) is 5.26 Å². The van der Waals surface area contributed by atoms with Gasteiger partial charge in [-0.3, -0.25) is 9.59 Å². The normalized spacial score (nSPS) is 14.6. The van der Waals surface area contributed by atoms with E-state index in [-0.39, 0.29) is 17.6 Å². The molecule has 28 heavy (non-hydrogen) atoms. The summed E-state index contributed by atoms with van der Waals surface area (Å²) in [7, 11) is 1.60. The summed E-state index contributed by atoms with van der Waals surface area (Å²) in [6, 6.07) is 16.3. The minimum Gasteiger partial charge on any atom is -0.497 e. The highest BCUT2D eigenvalue weighted by Crippen LogP contribution is 2.23. The van der Waals surface area contributed by atoms with E-state index in [0.29, 0.717) is 37.1 Å². The van der Waals surface area contributed by atoms with Crippen molar-refractivity contribution in [1.29, 1.82) is 5.26 Å². The number of rotatable bonds is 5. The molecule has 0 spiro atoms. The molecule has 0 aromatic heterocycles. The smallest absolute Gasteiger partial charge is 0.246 e. The van der Waals surface area contributed by atoms with Crippen LogP contribution in [0, 0.1) is 17.2 Å². The lowest BCUT2D eigenvalue weighted by atomic mass is 9.89. The van der Waals surface area contributed by atoms with Gasteiger partial charge >= 0.3 is 0 Å². The summed E-state index contributed by atoms with van der Waals surface area (Å²) < 4.78 is 5.13. The maximum atomic E-state index is 12.7. The maximum Gasteiger partial charge on any atom is 0.246 e. The van der Waals surface area contributed by atoms with Gasteiger partial charge in [-0.05, 0) is 60.9 Å². The summed E-state index contributed by atoms with van der Waals surface area (Å²) in [6.45, 7) is 1.15. The van der Waals surface area contributed by atoms with Crippen molar-refractivity contribution in [3.63, 3.8) is 0 Å². The number of carbonyl (C=O) groups is 2. The van der Waals surface area contributed by atoms with Gasteiger partial charge in [0.05, 0.1) is 18.7 Å². The fourth-order valence-corrected chi connectivity index (χ4v) is 3.29. The van der Waals surface area contributed by atoms with E-state index >= 15 is 0 Å². The Morgan fingerprint density at radius 2 is 1.71 bits per heavy atom. The van der Waals surface area contributed by atoms with Crippen LogP contribution in [0.5, 0.6) is 5.75 Å². The van der Waals surface area contributed by atoms with Crippen molar-refractivity contribution in [2.24, 2.45) is 5.92 Å². The van der Waals surface area contributed by atoms with Crippen LogP contribution in [0.4, 0.5) is 0 Å². The monoisotopic (exact) mass is 374 g/mol. The van der Waals surface area contributed by atoms with Crippen molar-refractivity contribution < 1.29 is 14.3 Å². The molecule has 1 saturated heterocycles. The van der Waals surface area contributed by atoms with E-state index in [1.807, 2.05) is 12.1 Å². The fourth-order valence-electron chi connectivity index (χ4n) is 3.29. The number of benzene rings is 2. The number of piperidine rings is 1. The second-order valence-electron chi connectivity index (χ2n) is 6.76. The highest BCUT2D eigenvalue weighted by molar-refractivity contribution is 5.98. The zero-order valence-electron chi connectivity index (χ0n) is 15.8. The Balaban J connectivity index is 1.53. The second kappa shape index (κ2) is 9.01. The number of hydrogen-bond acceptors (Lipinski definition) is 4. The van der Waals surface area contributed by atoms with Crippen LogP contribution >= 0.6 is 0 Å². The number of likely N-dealkylation sites (tertiary alicyclic amines) is 1. The van der Waals surface area contributed by atoms with Gasteiger partial charge in [0.1, 0.15) is 5.75 Å². The predicted molar refractivity (Wildman–Crippen MR) is 107 cm³/mol. The lowest BCUT2D eigenvalue weighted by Crippen LogP contribution is -2.39. The average Bonchev–Trinajstić information content (AvgIpc) is 2.77. The number of nitrogens with zero attached hydrogens (tertiary/aromatic N) is 2. The number of Topliss-reactive ketones (excluding diaryl/α,β-unsaturated/α-hetero) is 1. The number of methoxy groups -OCH3 is 1. The molecule has 0 radical (unpaired) electrons. The molecule has 2 aromatic carbocycles. The third-order valence-electron chi connectivity index (χ3n) is 5.01. The molecule has 1 fully saturated rings. The molecule has 0 N–H and O–H groups in total. The van der Waals surface area contributed by atoms with E-state index in [1.54, 1.807) is 60.6 Å². The first kappa shape index (κ1) is 19.4. The topological polar surface area (TPSA) is 70.4 Å². The van der Waals surface area contributed by atoms with Crippen molar-refractivity contribution in [1.82, 2.24) is 4.90 Å². The molecule has 142 valence electrons. The first-order valence-electron chi connectivity index (χ1n) is 9.26. The van der Waals surface area contributed by atoms with Crippen molar-refractivity contribution in [2.45, 2.75) is 12.8 Å². The van der Waals surface area contributed by atoms with Crippen molar-refractivity contribution in [3.05, 3.63) is 71.3 Å². The van der Waals surface area contributed by atoms with Crippen LogP contribution in [0.15, 0.2) is 54.6 Å². The van der Waals surface area contributed by atoms with Gasteiger partial charge in [0.15, 0.2) is 5.78 Å². The summed E-state index contributed by atoms with van der Waals surface area (Å²) in [5, 5.41) is 8.82. The van der Waals surface area contributed by atoms with Crippen LogP contribution in [0.25, 0.3) is 6.08 Å². The van der Waals surface area contributed by atoms with Crippen LogP contribution in [0.3, 0.4) is 0 Å². The zero-order valence-corrected chi connectivity index (χ0v) is 15.8. The van der Waals surface area contributed by atoms with Gasteiger partial charge < -0.3 is 9.64 Å². The van der Waals surface area contributed by atoms with Gasteiger partial charge in [0, 0.05) is 30.6 Å². The molecule has 5 heteroatoms. The number of carbonyl (C=O) groups excluding carboxylic acids is 2. The average molecular weight is 374 g/mol. The SMILES string of the molecule is COc1ccc(C(=O)C2CCN(C(=O)C=Cc3ccc(C#N)cc3)CC2)cc1. The Hall–Kier alpha value is -3.39. The quantitative estimate of drug-likeness (QED) is 0.591. The first-order chi connectivity index (χ1) is 13.6. The molecule has 0 aliphatic carbocycles. The molecular formula is C23H22N2O3. The molecule has 0 saturated carbocycles. The molecule has 3 rings (SSSR count). The van der Waals surface area contributed by atoms with E-state index in [4.69, 9.17) is 10.00 Å². The van der Waals surface area contributed by atoms with Crippen molar-refractivity contribution >= 4 is 17.8 Å². The molecular weight excluding hydrogens is 352 g/mol. The summed E-state index contributed by atoms with van der Waals surface area (Å²) in [5.41, 5.74) is 2.15. The lowest BCUT2D eigenvalue weighted by Gasteiger charge is -2.30. The molecule has 0 unspecified atom stereocenters. The Morgan fingerprint density at radius 3 is 2.29 bits per heavy atom. The van der Waals surface area contributed by atoms with Crippen LogP contribution in [0.2, 0.25) is 0 Å². The summed E-state index contributed by atoms with van der Waals surface area (Å²) in [6.07, 6.45) is 4.63. The van der Waals surface area contributed by atoms with Crippen LogP contribution in [0.1, 0.15) is 34.3 Å². The van der Waals surface area contributed by atoms with E-state index < -0.39 is 0 Å². The molecule has 1 amide bonds. The van der Waals surface area contributed by atoms with E-state index in [1.165, 1.54) is 0 Å². The molecule has 0 atom stereocenters. The number of amides is 1. The molecule has 0 bridgehead atoms. The lowest BCUT2D eigenvalue weighted by molar-refractivity contribution is -0.127. The molecule has 1 aliphatic heterocycles. The van der Waals surface area contributed by atoms with Gasteiger partial charge in [-0.1, -0.05) is 12.1 Å². The number of ketones is 1. The summed E-state index contributed by atoms with van der Waals surface area (Å²) in [4.78, 5) is 26.8. The van der Waals surface area contributed by atoms with Gasteiger partial charge in [-0.15, -0.1) is 0 Å². The number of nitriles is 1. The Kier molecular flexibility index (Phi) is 6.23. The standard InChI is InChI=1S/C23H22N2O3/c1-28-21-9-7-19(8-10-21)23(27)20-12-14-25(15-13-20)22(26)11-6-17-2-4-18(16-24)5-3-17/h2-11,20H,12-15H2,1H3. The summed E-state index contributed by atoms with van der Waals surface area (Å²) in [5.74, 6) is 0.744. The molecule has 5 nitrogen and oxygen atoms in total. The maximum absolute atomic E-state index is 12.7. The molecule has 1 heterocycles. The fraction of sp³-hybridized carbons (Fsp3) is 0.261. The zero-order chi connectivity index (χ0) is 19.9. The van der Waals surface area contributed by atoms with Gasteiger partial charge in [0.25, 0.3) is 0 Å². The highest BCUT2D eigenvalue weighted by Gasteiger charge is 2.27. The highest BCUT2D eigenvalue weighted by atomic mass is 16.5. The minimum absolute atomic E-state index is 0.0556. The van der Waals surface area contributed by atoms with E-state index in [0.717, 1.165) is 11.3 Å². The number of hydrogen-bond donors (Lipinski definition) is 0. The van der Waals surface area contributed by atoms with E-state index in [2.05, 4.69) is 6.07 Å². The van der Waals surface area contributed by atoms with Crippen molar-refractivity contribution in [3.8, 4) is 11.8 Å². The molecule has 1 aliphatic rings. The van der Waals surface area contributed by atoms with E-state index in [9.17, 15) is 9.59 Å². The number of ether oxygens (including phenoxy) is 1. The van der Waals surface area contributed by atoms with Crippen molar-refractivity contribution in [2.75, 3.05) is 20.2 Å². The molecule has 2 aromatic rings. The Morgan fingerprint density at radius 1 is 1.07 bits per heavy atom. The van der Waals surface area contributed by atoms with Crippen LogP contribution in [-0.4, -0.2) is 36.8 Å². The second-order valence-corrected chi connectivity index (χ2v) is 6.76. The van der Waals surface area contributed by atoms with Crippen LogP contribution in [-0.2, 0) is 4.79 Å². The largest absolute Gasteiger partial charge is 0.497 e. The van der Waals surface area contributed by atoms with Crippen LogP contribution < -0.4 is 4.74 Å². The van der Waals surface area contributed by atoms with Gasteiger partial charge in [0.2, 0.25) is 5.91 Å². The third kappa shape index (κ3) is 4.66. The predicted octanol–water partition coefficient (Wildman–Crippen LogP) is 3.70.